The zero-order valence-corrected chi connectivity index (χ0v) is 20.7. The molecular formula is C29H39N3O. The van der Waals surface area contributed by atoms with E-state index in [1.54, 1.807) is 0 Å². The van der Waals surface area contributed by atoms with Crippen LogP contribution in [-0.2, 0) is 16.8 Å². The van der Waals surface area contributed by atoms with Crippen LogP contribution in [0.25, 0.3) is 22.0 Å². The van der Waals surface area contributed by atoms with E-state index in [-0.39, 0.29) is 11.3 Å². The Balaban J connectivity index is 1.38. The summed E-state index contributed by atoms with van der Waals surface area (Å²) in [5, 5.41) is 4.28. The third kappa shape index (κ3) is 5.86. The van der Waals surface area contributed by atoms with Gasteiger partial charge in [-0.3, -0.25) is 4.79 Å². The smallest absolute Gasteiger partial charge is 0.239 e. The molecule has 0 unspecified atom stereocenters. The summed E-state index contributed by atoms with van der Waals surface area (Å²) < 4.78 is 2.06. The minimum Gasteiger partial charge on any atom is -0.353 e. The van der Waals surface area contributed by atoms with Gasteiger partial charge in [-0.2, -0.15) is 0 Å². The number of carbonyl (C=O) groups is 1. The molecule has 1 aliphatic carbocycles. The molecular weight excluding hydrogens is 406 g/mol. The number of amides is 1. The Morgan fingerprint density at radius 3 is 2.39 bits per heavy atom. The maximum Gasteiger partial charge on any atom is 0.239 e. The molecule has 1 amide bonds. The first-order chi connectivity index (χ1) is 15.8. The van der Waals surface area contributed by atoms with Gasteiger partial charge in [0, 0.05) is 30.8 Å². The van der Waals surface area contributed by atoms with E-state index in [0.717, 1.165) is 17.4 Å². The van der Waals surface area contributed by atoms with Gasteiger partial charge in [0.2, 0.25) is 5.91 Å². The predicted octanol–water partition coefficient (Wildman–Crippen LogP) is 5.99. The number of hydrogen-bond acceptors (Lipinski definition) is 2. The van der Waals surface area contributed by atoms with Gasteiger partial charge >= 0.3 is 0 Å². The normalized spacial score (nSPS) is 15.3. The lowest BCUT2D eigenvalue weighted by Crippen LogP contribution is -2.40. The van der Waals surface area contributed by atoms with Gasteiger partial charge in [0.25, 0.3) is 0 Å². The highest BCUT2D eigenvalue weighted by atomic mass is 16.1. The second-order valence-electron chi connectivity index (χ2n) is 10.7. The second-order valence-corrected chi connectivity index (χ2v) is 10.7. The van der Waals surface area contributed by atoms with Crippen molar-refractivity contribution in [2.24, 2.45) is 0 Å². The standard InChI is InChI=1S/C29H39N3O/c1-29(2,3)25-14-12-22(13-15-25)24-11-10-23-16-18-32(27(23)20-24)21-28(33)30-17-19-31(4)26-8-6-5-7-9-26/h10-16,18,20,26H,5-9,17,19,21H2,1-4H3,(H,30,33). The summed E-state index contributed by atoms with van der Waals surface area (Å²) in [6, 6.07) is 18.1. The van der Waals surface area contributed by atoms with Crippen molar-refractivity contribution >= 4 is 16.8 Å². The Hall–Kier alpha value is -2.59. The summed E-state index contributed by atoms with van der Waals surface area (Å²) in [6.07, 6.45) is 8.65. The summed E-state index contributed by atoms with van der Waals surface area (Å²) in [5.74, 6) is 0.0736. The summed E-state index contributed by atoms with van der Waals surface area (Å²) in [6.45, 7) is 8.68. The molecule has 4 heteroatoms. The molecule has 1 aliphatic rings. The molecule has 4 nitrogen and oxygen atoms in total. The van der Waals surface area contributed by atoms with Gasteiger partial charge in [0.15, 0.2) is 0 Å². The van der Waals surface area contributed by atoms with Crippen LogP contribution in [0.15, 0.2) is 54.7 Å². The molecule has 0 aliphatic heterocycles. The van der Waals surface area contributed by atoms with Crippen LogP contribution in [0.4, 0.5) is 0 Å². The molecule has 1 fully saturated rings. The molecule has 1 heterocycles. The Kier molecular flexibility index (Phi) is 7.23. The molecule has 0 spiro atoms. The van der Waals surface area contributed by atoms with Gasteiger partial charge in [-0.1, -0.05) is 76.4 Å². The minimum atomic E-state index is 0.0736. The van der Waals surface area contributed by atoms with Crippen molar-refractivity contribution in [3.8, 4) is 11.1 Å². The van der Waals surface area contributed by atoms with Gasteiger partial charge in [0.1, 0.15) is 6.54 Å². The van der Waals surface area contributed by atoms with Gasteiger partial charge in [0.05, 0.1) is 0 Å². The highest BCUT2D eigenvalue weighted by Gasteiger charge is 2.18. The van der Waals surface area contributed by atoms with Crippen LogP contribution in [0, 0.1) is 0 Å². The first kappa shape index (κ1) is 23.6. The van der Waals surface area contributed by atoms with Crippen LogP contribution in [0.3, 0.4) is 0 Å². The molecule has 1 N–H and O–H groups in total. The molecule has 0 radical (unpaired) electrons. The molecule has 0 atom stereocenters. The zero-order valence-electron chi connectivity index (χ0n) is 20.7. The summed E-state index contributed by atoms with van der Waals surface area (Å²) in [4.78, 5) is 15.1. The summed E-state index contributed by atoms with van der Waals surface area (Å²) in [5.41, 5.74) is 4.96. The maximum atomic E-state index is 12.6. The lowest BCUT2D eigenvalue weighted by atomic mass is 9.86. The number of aromatic nitrogens is 1. The Morgan fingerprint density at radius 2 is 1.70 bits per heavy atom. The monoisotopic (exact) mass is 445 g/mol. The quantitative estimate of drug-likeness (QED) is 0.485. The third-order valence-electron chi connectivity index (χ3n) is 7.16. The molecule has 0 saturated heterocycles. The van der Waals surface area contributed by atoms with Crippen LogP contribution < -0.4 is 5.32 Å². The van der Waals surface area contributed by atoms with E-state index in [0.29, 0.717) is 19.1 Å². The average Bonchev–Trinajstić information content (AvgIpc) is 3.21. The van der Waals surface area contributed by atoms with E-state index >= 15 is 0 Å². The molecule has 33 heavy (non-hydrogen) atoms. The molecule has 176 valence electrons. The predicted molar refractivity (Wildman–Crippen MR) is 139 cm³/mol. The number of nitrogens with zero attached hydrogens (tertiary/aromatic N) is 2. The molecule has 1 saturated carbocycles. The zero-order chi connectivity index (χ0) is 23.4. The van der Waals surface area contributed by atoms with Gasteiger partial charge in [-0.25, -0.2) is 0 Å². The number of nitrogens with one attached hydrogen (secondary N) is 1. The fourth-order valence-corrected chi connectivity index (χ4v) is 4.95. The highest BCUT2D eigenvalue weighted by molar-refractivity contribution is 5.87. The van der Waals surface area contributed by atoms with Gasteiger partial charge < -0.3 is 14.8 Å². The van der Waals surface area contributed by atoms with E-state index in [4.69, 9.17) is 0 Å². The Labute approximate surface area is 199 Å². The number of benzene rings is 2. The van der Waals surface area contributed by atoms with E-state index in [2.05, 4.69) is 91.1 Å². The van der Waals surface area contributed by atoms with Crippen LogP contribution >= 0.6 is 0 Å². The first-order valence-corrected chi connectivity index (χ1v) is 12.5. The third-order valence-corrected chi connectivity index (χ3v) is 7.16. The molecule has 2 aromatic carbocycles. The van der Waals surface area contributed by atoms with Gasteiger partial charge in [-0.15, -0.1) is 0 Å². The molecule has 4 rings (SSSR count). The van der Waals surface area contributed by atoms with Crippen molar-refractivity contribution < 1.29 is 4.79 Å². The van der Waals surface area contributed by atoms with Crippen molar-refractivity contribution in [3.63, 3.8) is 0 Å². The lowest BCUT2D eigenvalue weighted by molar-refractivity contribution is -0.121. The minimum absolute atomic E-state index is 0.0736. The van der Waals surface area contributed by atoms with Crippen molar-refractivity contribution in [1.82, 2.24) is 14.8 Å². The van der Waals surface area contributed by atoms with Crippen LogP contribution in [0.1, 0.15) is 58.4 Å². The second kappa shape index (κ2) is 10.1. The number of fused-ring (bicyclic) bond motifs is 1. The number of hydrogen-bond donors (Lipinski definition) is 1. The van der Waals surface area contributed by atoms with Crippen LogP contribution in [0.2, 0.25) is 0 Å². The summed E-state index contributed by atoms with van der Waals surface area (Å²) in [7, 11) is 2.19. The van der Waals surface area contributed by atoms with Crippen LogP contribution in [0.5, 0.6) is 0 Å². The Bertz CT molecular complexity index is 1070. The summed E-state index contributed by atoms with van der Waals surface area (Å²) >= 11 is 0. The van der Waals surface area contributed by atoms with E-state index in [1.165, 1.54) is 48.8 Å². The van der Waals surface area contributed by atoms with Crippen molar-refractivity contribution in [2.45, 2.75) is 70.9 Å². The number of carbonyl (C=O) groups excluding carboxylic acids is 1. The number of rotatable bonds is 7. The fraction of sp³-hybridized carbons (Fsp3) is 0.483. The van der Waals surface area contributed by atoms with Crippen molar-refractivity contribution in [1.29, 1.82) is 0 Å². The van der Waals surface area contributed by atoms with E-state index < -0.39 is 0 Å². The topological polar surface area (TPSA) is 37.3 Å². The van der Waals surface area contributed by atoms with Crippen LogP contribution in [-0.4, -0.2) is 41.6 Å². The number of likely N-dealkylation sites (N-methyl/N-ethyl adjacent to an activating group) is 1. The maximum absolute atomic E-state index is 12.6. The van der Waals surface area contributed by atoms with E-state index in [1.807, 2.05) is 6.20 Å². The lowest BCUT2D eigenvalue weighted by Gasteiger charge is -2.31. The fourth-order valence-electron chi connectivity index (χ4n) is 4.95. The average molecular weight is 446 g/mol. The van der Waals surface area contributed by atoms with Crippen molar-refractivity contribution in [2.75, 3.05) is 20.1 Å². The largest absolute Gasteiger partial charge is 0.353 e. The Morgan fingerprint density at radius 1 is 1.00 bits per heavy atom. The van der Waals surface area contributed by atoms with Gasteiger partial charge in [-0.05, 0) is 59.5 Å². The highest BCUT2D eigenvalue weighted by Crippen LogP contribution is 2.28. The van der Waals surface area contributed by atoms with E-state index in [9.17, 15) is 4.79 Å². The molecule has 0 bridgehead atoms. The molecule has 3 aromatic rings. The molecule has 1 aromatic heterocycles. The SMILES string of the molecule is CN(CCNC(=O)Cn1ccc2ccc(-c3ccc(C(C)(C)C)cc3)cc21)C1CCCCC1. The first-order valence-electron chi connectivity index (χ1n) is 12.5. The van der Waals surface area contributed by atoms with Crippen molar-refractivity contribution in [3.05, 3.63) is 60.3 Å².